The smallest absolute Gasteiger partial charge is 0.304 e. The molecule has 0 saturated carbocycles. The SMILES string of the molecule is NN=C(N)SCc1ccc([N+](=O)[O-])c(F)c1. The van der Waals surface area contributed by atoms with Crippen molar-refractivity contribution < 1.29 is 9.31 Å². The molecule has 0 atom stereocenters. The number of hydrazone groups is 1. The highest BCUT2D eigenvalue weighted by Gasteiger charge is 2.13. The van der Waals surface area contributed by atoms with E-state index in [1.807, 2.05) is 0 Å². The average molecular weight is 244 g/mol. The standard InChI is InChI=1S/C8H9FN4O2S/c9-6-3-5(4-16-8(10)12-11)1-2-7(6)13(14)15/h1-3H,4,11H2,(H2,10,12). The molecule has 4 N–H and O–H groups in total. The zero-order valence-electron chi connectivity index (χ0n) is 8.09. The summed E-state index contributed by atoms with van der Waals surface area (Å²) in [4.78, 5) is 9.57. The number of nitrogens with zero attached hydrogens (tertiary/aromatic N) is 2. The molecule has 0 bridgehead atoms. The summed E-state index contributed by atoms with van der Waals surface area (Å²) in [6.07, 6.45) is 0. The number of rotatable bonds is 3. The molecule has 6 nitrogen and oxygen atoms in total. The van der Waals surface area contributed by atoms with E-state index in [1.165, 1.54) is 6.07 Å². The van der Waals surface area contributed by atoms with Gasteiger partial charge in [0.15, 0.2) is 5.17 Å². The van der Waals surface area contributed by atoms with Crippen LogP contribution in [0.4, 0.5) is 10.1 Å². The fraction of sp³-hybridized carbons (Fsp3) is 0.125. The largest absolute Gasteiger partial charge is 0.377 e. The zero-order chi connectivity index (χ0) is 12.1. The van der Waals surface area contributed by atoms with Gasteiger partial charge in [-0.3, -0.25) is 10.1 Å². The lowest BCUT2D eigenvalue weighted by molar-refractivity contribution is -0.387. The van der Waals surface area contributed by atoms with Gasteiger partial charge < -0.3 is 11.6 Å². The van der Waals surface area contributed by atoms with Gasteiger partial charge in [0.2, 0.25) is 5.82 Å². The molecule has 0 saturated heterocycles. The maximum atomic E-state index is 13.2. The lowest BCUT2D eigenvalue weighted by Crippen LogP contribution is -2.09. The van der Waals surface area contributed by atoms with Gasteiger partial charge in [-0.15, -0.1) is 0 Å². The van der Waals surface area contributed by atoms with E-state index in [0.29, 0.717) is 11.3 Å². The van der Waals surface area contributed by atoms with Crippen molar-refractivity contribution in [3.63, 3.8) is 0 Å². The molecule has 8 heteroatoms. The first-order valence-corrected chi connectivity index (χ1v) is 5.12. The summed E-state index contributed by atoms with van der Waals surface area (Å²) < 4.78 is 13.2. The van der Waals surface area contributed by atoms with Crippen LogP contribution in [0.3, 0.4) is 0 Å². The van der Waals surface area contributed by atoms with Gasteiger partial charge in [-0.25, -0.2) is 0 Å². The minimum absolute atomic E-state index is 0.166. The van der Waals surface area contributed by atoms with Crippen LogP contribution in [-0.4, -0.2) is 10.1 Å². The summed E-state index contributed by atoms with van der Waals surface area (Å²) in [6.45, 7) is 0. The van der Waals surface area contributed by atoms with Crippen LogP contribution in [0, 0.1) is 15.9 Å². The number of nitro groups is 1. The van der Waals surface area contributed by atoms with Crippen LogP contribution in [0.2, 0.25) is 0 Å². The average Bonchev–Trinajstić information content (AvgIpc) is 2.25. The molecular formula is C8H9FN4O2S. The molecule has 0 amide bonds. The Kier molecular flexibility index (Phi) is 4.06. The van der Waals surface area contributed by atoms with Gasteiger partial charge in [0.25, 0.3) is 0 Å². The van der Waals surface area contributed by atoms with Gasteiger partial charge >= 0.3 is 5.69 Å². The Bertz CT molecular complexity index is 438. The van der Waals surface area contributed by atoms with Crippen molar-refractivity contribution in [1.82, 2.24) is 0 Å². The Morgan fingerprint density at radius 3 is 2.81 bits per heavy atom. The maximum Gasteiger partial charge on any atom is 0.304 e. The van der Waals surface area contributed by atoms with Crippen LogP contribution in [0.1, 0.15) is 5.56 Å². The van der Waals surface area contributed by atoms with Crippen molar-refractivity contribution in [2.45, 2.75) is 5.75 Å². The molecule has 0 aromatic heterocycles. The van der Waals surface area contributed by atoms with Gasteiger partial charge in [-0.2, -0.15) is 9.49 Å². The molecular weight excluding hydrogens is 235 g/mol. The Morgan fingerprint density at radius 2 is 2.31 bits per heavy atom. The maximum absolute atomic E-state index is 13.2. The number of benzene rings is 1. The molecule has 0 unspecified atom stereocenters. The molecule has 16 heavy (non-hydrogen) atoms. The van der Waals surface area contributed by atoms with Crippen LogP contribution < -0.4 is 11.6 Å². The number of nitro benzene ring substituents is 1. The predicted octanol–water partition coefficient (Wildman–Crippen LogP) is 1.16. The molecule has 1 rings (SSSR count). The third kappa shape index (κ3) is 3.09. The Labute approximate surface area is 94.6 Å². The van der Waals surface area contributed by atoms with E-state index >= 15 is 0 Å². The predicted molar refractivity (Wildman–Crippen MR) is 60.2 cm³/mol. The number of halogens is 1. The Hall–Kier alpha value is -1.83. The number of amidine groups is 1. The highest BCUT2D eigenvalue weighted by molar-refractivity contribution is 8.13. The molecule has 0 spiro atoms. The number of nitrogens with two attached hydrogens (primary N) is 2. The number of hydrogen-bond acceptors (Lipinski definition) is 5. The second kappa shape index (κ2) is 5.31. The zero-order valence-corrected chi connectivity index (χ0v) is 8.91. The van der Waals surface area contributed by atoms with Crippen molar-refractivity contribution in [2.24, 2.45) is 16.7 Å². The van der Waals surface area contributed by atoms with Crippen molar-refractivity contribution >= 4 is 22.6 Å². The summed E-state index contributed by atoms with van der Waals surface area (Å²) >= 11 is 1.12. The summed E-state index contributed by atoms with van der Waals surface area (Å²) in [5, 5.41) is 13.7. The van der Waals surface area contributed by atoms with E-state index in [1.54, 1.807) is 0 Å². The first-order chi connectivity index (χ1) is 7.54. The summed E-state index contributed by atoms with van der Waals surface area (Å²) in [5.41, 5.74) is 5.35. The molecule has 0 radical (unpaired) electrons. The normalized spacial score (nSPS) is 11.4. The topological polar surface area (TPSA) is 108 Å². The first kappa shape index (κ1) is 12.2. The van der Waals surface area contributed by atoms with Crippen LogP contribution >= 0.6 is 11.8 Å². The van der Waals surface area contributed by atoms with Gasteiger partial charge in [0.1, 0.15) is 0 Å². The quantitative estimate of drug-likeness (QED) is 0.273. The second-order valence-electron chi connectivity index (χ2n) is 2.80. The van der Waals surface area contributed by atoms with Gasteiger partial charge in [0, 0.05) is 11.8 Å². The minimum Gasteiger partial charge on any atom is -0.377 e. The van der Waals surface area contributed by atoms with E-state index in [4.69, 9.17) is 11.6 Å². The summed E-state index contributed by atoms with van der Waals surface area (Å²) in [5.74, 6) is 4.39. The lowest BCUT2D eigenvalue weighted by Gasteiger charge is -2.01. The molecule has 1 aromatic rings. The van der Waals surface area contributed by atoms with Crippen molar-refractivity contribution in [1.29, 1.82) is 0 Å². The lowest BCUT2D eigenvalue weighted by atomic mass is 10.2. The fourth-order valence-electron chi connectivity index (χ4n) is 0.983. The van der Waals surface area contributed by atoms with Crippen LogP contribution in [0.25, 0.3) is 0 Å². The van der Waals surface area contributed by atoms with Crippen LogP contribution in [0.5, 0.6) is 0 Å². The van der Waals surface area contributed by atoms with E-state index < -0.39 is 16.4 Å². The third-order valence-electron chi connectivity index (χ3n) is 1.72. The van der Waals surface area contributed by atoms with E-state index in [9.17, 15) is 14.5 Å². The third-order valence-corrected chi connectivity index (χ3v) is 2.60. The highest BCUT2D eigenvalue weighted by atomic mass is 32.2. The molecule has 0 fully saturated rings. The molecule has 0 aliphatic carbocycles. The number of hydrogen-bond donors (Lipinski definition) is 2. The van der Waals surface area contributed by atoms with E-state index in [2.05, 4.69) is 5.10 Å². The van der Waals surface area contributed by atoms with Crippen molar-refractivity contribution in [3.05, 3.63) is 39.7 Å². The van der Waals surface area contributed by atoms with E-state index in [-0.39, 0.29) is 5.17 Å². The minimum atomic E-state index is -0.869. The van der Waals surface area contributed by atoms with E-state index in [0.717, 1.165) is 23.9 Å². The van der Waals surface area contributed by atoms with Gasteiger partial charge in [-0.1, -0.05) is 17.8 Å². The van der Waals surface area contributed by atoms with Crippen LogP contribution in [0.15, 0.2) is 23.3 Å². The monoisotopic (exact) mass is 244 g/mol. The number of thioether (sulfide) groups is 1. The van der Waals surface area contributed by atoms with Crippen LogP contribution in [-0.2, 0) is 5.75 Å². The molecule has 86 valence electrons. The highest BCUT2D eigenvalue weighted by Crippen LogP contribution is 2.20. The Balaban J connectivity index is 2.78. The molecule has 0 heterocycles. The van der Waals surface area contributed by atoms with Gasteiger partial charge in [-0.05, 0) is 11.6 Å². The summed E-state index contributed by atoms with van der Waals surface area (Å²) in [6, 6.07) is 3.66. The molecule has 1 aromatic carbocycles. The molecule has 0 aliphatic heterocycles. The Morgan fingerprint density at radius 1 is 1.62 bits per heavy atom. The first-order valence-electron chi connectivity index (χ1n) is 4.13. The summed E-state index contributed by atoms with van der Waals surface area (Å²) in [7, 11) is 0. The second-order valence-corrected chi connectivity index (χ2v) is 3.79. The van der Waals surface area contributed by atoms with Crippen molar-refractivity contribution in [3.8, 4) is 0 Å². The van der Waals surface area contributed by atoms with Gasteiger partial charge in [0.05, 0.1) is 4.92 Å². The van der Waals surface area contributed by atoms with Crippen molar-refractivity contribution in [2.75, 3.05) is 0 Å². The fourth-order valence-corrected chi connectivity index (χ4v) is 1.55. The molecule has 0 aliphatic rings.